The van der Waals surface area contributed by atoms with Crippen LogP contribution in [-0.2, 0) is 0 Å². The lowest BCUT2D eigenvalue weighted by atomic mass is 10.1. The summed E-state index contributed by atoms with van der Waals surface area (Å²) >= 11 is 0. The van der Waals surface area contributed by atoms with Crippen molar-refractivity contribution in [2.75, 3.05) is 13.1 Å². The summed E-state index contributed by atoms with van der Waals surface area (Å²) in [4.78, 5) is 2.48. The van der Waals surface area contributed by atoms with E-state index in [0.717, 1.165) is 13.1 Å². The quantitative estimate of drug-likeness (QED) is 0.842. The molecule has 0 amide bonds. The smallest absolute Gasteiger partial charge is 0.115 e. The normalized spacial score (nSPS) is 27.2. The van der Waals surface area contributed by atoms with Gasteiger partial charge in [0.25, 0.3) is 0 Å². The van der Waals surface area contributed by atoms with Gasteiger partial charge in [0.05, 0.1) is 0 Å². The van der Waals surface area contributed by atoms with Gasteiger partial charge in [-0.15, -0.1) is 0 Å². The van der Waals surface area contributed by atoms with Gasteiger partial charge >= 0.3 is 0 Å². The molecular weight excluding hydrogens is 212 g/mol. The molecule has 0 aliphatic carbocycles. The number of phenolic OH excluding ortho intramolecular Hbond substituents is 1. The topological polar surface area (TPSA) is 49.5 Å². The van der Waals surface area contributed by atoms with E-state index in [-0.39, 0.29) is 0 Å². The maximum Gasteiger partial charge on any atom is 0.115 e. The molecule has 1 aliphatic rings. The van der Waals surface area contributed by atoms with Gasteiger partial charge in [-0.05, 0) is 50.4 Å². The van der Waals surface area contributed by atoms with Gasteiger partial charge in [-0.1, -0.05) is 12.1 Å². The first-order valence-corrected chi connectivity index (χ1v) is 6.36. The van der Waals surface area contributed by atoms with Gasteiger partial charge < -0.3 is 10.8 Å². The Morgan fingerprint density at radius 1 is 1.53 bits per heavy atom. The highest BCUT2D eigenvalue weighted by molar-refractivity contribution is 5.29. The summed E-state index contributed by atoms with van der Waals surface area (Å²) in [6, 6.07) is 8.46. The summed E-state index contributed by atoms with van der Waals surface area (Å²) in [5.41, 5.74) is 6.93. The van der Waals surface area contributed by atoms with Gasteiger partial charge in [-0.2, -0.15) is 0 Å². The van der Waals surface area contributed by atoms with E-state index < -0.39 is 0 Å². The Balaban J connectivity index is 2.12. The van der Waals surface area contributed by atoms with Crippen molar-refractivity contribution in [3.05, 3.63) is 29.8 Å². The minimum Gasteiger partial charge on any atom is -0.508 e. The number of phenols is 1. The second kappa shape index (κ2) is 5.07. The molecule has 94 valence electrons. The molecule has 17 heavy (non-hydrogen) atoms. The molecule has 3 unspecified atom stereocenters. The van der Waals surface area contributed by atoms with E-state index >= 15 is 0 Å². The second-order valence-electron chi connectivity index (χ2n) is 5.15. The number of aromatic hydroxyl groups is 1. The molecule has 0 radical (unpaired) electrons. The lowest BCUT2D eigenvalue weighted by molar-refractivity contribution is 0.200. The van der Waals surface area contributed by atoms with Crippen molar-refractivity contribution in [2.45, 2.75) is 32.4 Å². The van der Waals surface area contributed by atoms with Crippen LogP contribution in [0.1, 0.15) is 31.9 Å². The van der Waals surface area contributed by atoms with Crippen molar-refractivity contribution in [2.24, 2.45) is 11.7 Å². The zero-order chi connectivity index (χ0) is 12.4. The van der Waals surface area contributed by atoms with E-state index in [9.17, 15) is 5.11 Å². The summed E-state index contributed by atoms with van der Waals surface area (Å²) in [5.74, 6) is 0.960. The fraction of sp³-hybridized carbons (Fsp3) is 0.571. The number of likely N-dealkylation sites (tertiary alicyclic amines) is 1. The Kier molecular flexibility index (Phi) is 3.69. The standard InChI is InChI=1S/C14H22N2O/c1-10-6-12(8-15)9-16(10)11(2)13-4-3-5-14(17)7-13/h3-5,7,10-12,17H,6,8-9,15H2,1-2H3. The molecule has 3 atom stereocenters. The van der Waals surface area contributed by atoms with E-state index in [2.05, 4.69) is 24.8 Å². The molecule has 2 rings (SSSR count). The molecule has 0 spiro atoms. The van der Waals surface area contributed by atoms with Crippen LogP contribution in [0.3, 0.4) is 0 Å². The lowest BCUT2D eigenvalue weighted by Gasteiger charge is -2.29. The first-order chi connectivity index (χ1) is 8.11. The highest BCUT2D eigenvalue weighted by Gasteiger charge is 2.31. The minimum atomic E-state index is 0.341. The highest BCUT2D eigenvalue weighted by Crippen LogP contribution is 2.32. The predicted octanol–water partition coefficient (Wildman–Crippen LogP) is 2.12. The number of hydrogen-bond donors (Lipinski definition) is 2. The first kappa shape index (κ1) is 12.4. The average molecular weight is 234 g/mol. The third-order valence-corrected chi connectivity index (χ3v) is 3.89. The lowest BCUT2D eigenvalue weighted by Crippen LogP contribution is -2.30. The van der Waals surface area contributed by atoms with Crippen LogP contribution >= 0.6 is 0 Å². The molecule has 1 saturated heterocycles. The number of rotatable bonds is 3. The van der Waals surface area contributed by atoms with Gasteiger partial charge in [0.15, 0.2) is 0 Å². The Morgan fingerprint density at radius 3 is 2.88 bits per heavy atom. The maximum absolute atomic E-state index is 9.53. The molecular formula is C14H22N2O. The van der Waals surface area contributed by atoms with Crippen LogP contribution in [0.5, 0.6) is 5.75 Å². The Bertz CT molecular complexity index is 380. The zero-order valence-electron chi connectivity index (χ0n) is 10.6. The number of nitrogens with zero attached hydrogens (tertiary/aromatic N) is 1. The van der Waals surface area contributed by atoms with Gasteiger partial charge in [0.1, 0.15) is 5.75 Å². The van der Waals surface area contributed by atoms with E-state index in [1.54, 1.807) is 6.07 Å². The number of benzene rings is 1. The number of hydrogen-bond acceptors (Lipinski definition) is 3. The molecule has 3 nitrogen and oxygen atoms in total. The Hall–Kier alpha value is -1.06. The van der Waals surface area contributed by atoms with Crippen LogP contribution in [-0.4, -0.2) is 29.1 Å². The van der Waals surface area contributed by atoms with Crippen molar-refractivity contribution < 1.29 is 5.11 Å². The van der Waals surface area contributed by atoms with Crippen LogP contribution in [0.4, 0.5) is 0 Å². The summed E-state index contributed by atoms with van der Waals surface area (Å²) in [5, 5.41) is 9.53. The SMILES string of the molecule is CC1CC(CN)CN1C(C)c1cccc(O)c1. The monoisotopic (exact) mass is 234 g/mol. The molecule has 3 heteroatoms. The second-order valence-corrected chi connectivity index (χ2v) is 5.15. The highest BCUT2D eigenvalue weighted by atomic mass is 16.3. The van der Waals surface area contributed by atoms with Gasteiger partial charge in [-0.25, -0.2) is 0 Å². The summed E-state index contributed by atoms with van der Waals surface area (Å²) in [7, 11) is 0. The van der Waals surface area contributed by atoms with Crippen molar-refractivity contribution in [3.63, 3.8) is 0 Å². The summed E-state index contributed by atoms with van der Waals surface area (Å²) < 4.78 is 0. The van der Waals surface area contributed by atoms with Crippen LogP contribution < -0.4 is 5.73 Å². The van der Waals surface area contributed by atoms with Crippen molar-refractivity contribution in [1.29, 1.82) is 0 Å². The molecule has 1 heterocycles. The molecule has 3 N–H and O–H groups in total. The van der Waals surface area contributed by atoms with Crippen molar-refractivity contribution in [1.82, 2.24) is 4.90 Å². The molecule has 1 aromatic rings. The maximum atomic E-state index is 9.53. The van der Waals surface area contributed by atoms with Crippen molar-refractivity contribution >= 4 is 0 Å². The van der Waals surface area contributed by atoms with E-state index in [1.807, 2.05) is 12.1 Å². The summed E-state index contributed by atoms with van der Waals surface area (Å²) in [6.07, 6.45) is 1.18. The zero-order valence-corrected chi connectivity index (χ0v) is 10.6. The number of nitrogens with two attached hydrogens (primary N) is 1. The van der Waals surface area contributed by atoms with Crippen molar-refractivity contribution in [3.8, 4) is 5.75 Å². The third-order valence-electron chi connectivity index (χ3n) is 3.89. The van der Waals surface area contributed by atoms with Gasteiger partial charge in [-0.3, -0.25) is 4.90 Å². The Morgan fingerprint density at radius 2 is 2.29 bits per heavy atom. The van der Waals surface area contributed by atoms with E-state index in [1.165, 1.54) is 12.0 Å². The molecule has 1 aromatic carbocycles. The average Bonchev–Trinajstić information content (AvgIpc) is 2.69. The largest absolute Gasteiger partial charge is 0.508 e. The first-order valence-electron chi connectivity index (χ1n) is 6.36. The Labute approximate surface area is 103 Å². The molecule has 0 saturated carbocycles. The van der Waals surface area contributed by atoms with Crippen LogP contribution in [0, 0.1) is 5.92 Å². The fourth-order valence-electron chi connectivity index (χ4n) is 2.86. The predicted molar refractivity (Wildman–Crippen MR) is 69.9 cm³/mol. The molecule has 0 aromatic heterocycles. The van der Waals surface area contributed by atoms with E-state index in [0.29, 0.717) is 23.8 Å². The fourth-order valence-corrected chi connectivity index (χ4v) is 2.86. The van der Waals surface area contributed by atoms with Gasteiger partial charge in [0.2, 0.25) is 0 Å². The molecule has 1 aliphatic heterocycles. The van der Waals surface area contributed by atoms with Crippen LogP contribution in [0.15, 0.2) is 24.3 Å². The van der Waals surface area contributed by atoms with Crippen LogP contribution in [0.25, 0.3) is 0 Å². The summed E-state index contributed by atoms with van der Waals surface area (Å²) in [6.45, 7) is 6.29. The van der Waals surface area contributed by atoms with Gasteiger partial charge in [0, 0.05) is 18.6 Å². The molecule has 1 fully saturated rings. The molecule has 0 bridgehead atoms. The van der Waals surface area contributed by atoms with E-state index in [4.69, 9.17) is 5.73 Å². The van der Waals surface area contributed by atoms with Crippen LogP contribution in [0.2, 0.25) is 0 Å². The third kappa shape index (κ3) is 2.61. The minimum absolute atomic E-state index is 0.341.